The van der Waals surface area contributed by atoms with Crippen LogP contribution in [0, 0.1) is 5.82 Å². The summed E-state index contributed by atoms with van der Waals surface area (Å²) in [6, 6.07) is 22.1. The van der Waals surface area contributed by atoms with Crippen LogP contribution in [0.5, 0.6) is 5.75 Å². The number of aldehydes is 1. The Balaban J connectivity index is 1.74. The van der Waals surface area contributed by atoms with Gasteiger partial charge in [0, 0.05) is 17.7 Å². The van der Waals surface area contributed by atoms with Gasteiger partial charge in [-0.2, -0.15) is 0 Å². The largest absolute Gasteiger partial charge is 0.481 e. The van der Waals surface area contributed by atoms with Gasteiger partial charge in [0.2, 0.25) is 0 Å². The number of ether oxygens (including phenoxy) is 2. The van der Waals surface area contributed by atoms with Crippen molar-refractivity contribution in [3.8, 4) is 5.75 Å². The Morgan fingerprint density at radius 3 is 2.49 bits per heavy atom. The molecular formula is C31H33FO3. The number of benzene rings is 3. The molecule has 3 rings (SSSR count). The maximum atomic E-state index is 13.1. The first-order valence-corrected chi connectivity index (χ1v) is 12.1. The standard InChI is InChI=1S/C31H33FO3/c1-3-5-11-26(4-2)31(27-12-7-6-8-13-27)35-30-21-25(22-33)14-17-28(30)23-34-20-9-10-24-15-18-29(32)19-16-24/h4-8,11-19,21-22,31H,3,9-10,20,23H2,1-2H3/b11-5-,26-4+. The van der Waals surface area contributed by atoms with Crippen LogP contribution < -0.4 is 4.74 Å². The highest BCUT2D eigenvalue weighted by Crippen LogP contribution is 2.32. The molecule has 3 aromatic carbocycles. The Kier molecular flexibility index (Phi) is 10.5. The summed E-state index contributed by atoms with van der Waals surface area (Å²) < 4.78 is 25.6. The summed E-state index contributed by atoms with van der Waals surface area (Å²) in [5, 5.41) is 0. The van der Waals surface area contributed by atoms with E-state index in [2.05, 4.69) is 25.2 Å². The summed E-state index contributed by atoms with van der Waals surface area (Å²) in [6.07, 6.45) is 9.34. The number of hydrogen-bond acceptors (Lipinski definition) is 3. The molecule has 0 spiro atoms. The maximum Gasteiger partial charge on any atom is 0.150 e. The molecule has 0 amide bonds. The number of aryl methyl sites for hydroxylation is 1. The third-order valence-corrected chi connectivity index (χ3v) is 5.68. The molecule has 35 heavy (non-hydrogen) atoms. The number of allylic oxidation sites excluding steroid dienone is 2. The zero-order valence-electron chi connectivity index (χ0n) is 20.5. The van der Waals surface area contributed by atoms with Gasteiger partial charge < -0.3 is 9.47 Å². The summed E-state index contributed by atoms with van der Waals surface area (Å²) in [5.41, 5.74) is 4.59. The van der Waals surface area contributed by atoms with Crippen molar-refractivity contribution in [2.24, 2.45) is 0 Å². The van der Waals surface area contributed by atoms with Gasteiger partial charge in [-0.1, -0.05) is 79.7 Å². The van der Waals surface area contributed by atoms with E-state index < -0.39 is 0 Å². The van der Waals surface area contributed by atoms with Gasteiger partial charge in [-0.05, 0) is 61.1 Å². The minimum Gasteiger partial charge on any atom is -0.481 e. The van der Waals surface area contributed by atoms with E-state index in [0.29, 0.717) is 24.5 Å². The van der Waals surface area contributed by atoms with Gasteiger partial charge in [0.05, 0.1) is 6.61 Å². The van der Waals surface area contributed by atoms with Crippen LogP contribution in [-0.2, 0) is 17.8 Å². The second-order valence-electron chi connectivity index (χ2n) is 8.28. The van der Waals surface area contributed by atoms with Crippen molar-refractivity contribution in [1.82, 2.24) is 0 Å². The van der Waals surface area contributed by atoms with Crippen LogP contribution in [0.25, 0.3) is 0 Å². The molecule has 3 nitrogen and oxygen atoms in total. The minimum atomic E-state index is -0.317. The average molecular weight is 473 g/mol. The van der Waals surface area contributed by atoms with Crippen molar-refractivity contribution in [1.29, 1.82) is 0 Å². The van der Waals surface area contributed by atoms with Crippen LogP contribution in [0.15, 0.2) is 96.6 Å². The number of carbonyl (C=O) groups excluding carboxylic acids is 1. The van der Waals surface area contributed by atoms with E-state index in [1.165, 1.54) is 12.1 Å². The van der Waals surface area contributed by atoms with Crippen LogP contribution in [-0.4, -0.2) is 12.9 Å². The van der Waals surface area contributed by atoms with Gasteiger partial charge in [0.1, 0.15) is 24.0 Å². The van der Waals surface area contributed by atoms with Crippen LogP contribution >= 0.6 is 0 Å². The highest BCUT2D eigenvalue weighted by atomic mass is 19.1. The molecule has 0 fully saturated rings. The van der Waals surface area contributed by atoms with E-state index in [1.807, 2.05) is 43.3 Å². The molecule has 0 radical (unpaired) electrons. The Morgan fingerprint density at radius 2 is 1.80 bits per heavy atom. The molecule has 0 aliphatic heterocycles. The molecule has 0 aromatic heterocycles. The van der Waals surface area contributed by atoms with Crippen LogP contribution in [0.1, 0.15) is 59.8 Å². The van der Waals surface area contributed by atoms with E-state index in [1.54, 1.807) is 24.3 Å². The molecule has 0 saturated carbocycles. The van der Waals surface area contributed by atoms with Crippen LogP contribution in [0.4, 0.5) is 4.39 Å². The van der Waals surface area contributed by atoms with Crippen molar-refractivity contribution in [3.63, 3.8) is 0 Å². The lowest BCUT2D eigenvalue weighted by Gasteiger charge is -2.23. The summed E-state index contributed by atoms with van der Waals surface area (Å²) in [6.45, 7) is 5.03. The van der Waals surface area contributed by atoms with Crippen molar-refractivity contribution in [2.45, 2.75) is 45.8 Å². The molecule has 0 N–H and O–H groups in total. The van der Waals surface area contributed by atoms with E-state index in [4.69, 9.17) is 9.47 Å². The lowest BCUT2D eigenvalue weighted by molar-refractivity contribution is 0.111. The smallest absolute Gasteiger partial charge is 0.150 e. The SMILES string of the molecule is C/C=C(\C=C/CC)C(Oc1cc(C=O)ccc1COCCCc1ccc(F)cc1)c1ccccc1. The highest BCUT2D eigenvalue weighted by Gasteiger charge is 2.19. The number of halogens is 1. The molecule has 1 unspecified atom stereocenters. The summed E-state index contributed by atoms with van der Waals surface area (Å²) >= 11 is 0. The topological polar surface area (TPSA) is 35.5 Å². The second-order valence-corrected chi connectivity index (χ2v) is 8.28. The van der Waals surface area contributed by atoms with Crippen molar-refractivity contribution < 1.29 is 18.7 Å². The molecule has 4 heteroatoms. The van der Waals surface area contributed by atoms with Gasteiger partial charge in [0.25, 0.3) is 0 Å². The Labute approximate surface area is 207 Å². The molecule has 1 atom stereocenters. The van der Waals surface area contributed by atoms with Crippen LogP contribution in [0.2, 0.25) is 0 Å². The highest BCUT2D eigenvalue weighted by molar-refractivity contribution is 5.76. The van der Waals surface area contributed by atoms with E-state index in [0.717, 1.165) is 47.8 Å². The Hall–Kier alpha value is -3.50. The monoisotopic (exact) mass is 472 g/mol. The number of rotatable bonds is 13. The summed E-state index contributed by atoms with van der Waals surface area (Å²) in [4.78, 5) is 11.5. The normalized spacial score (nSPS) is 12.6. The lowest BCUT2D eigenvalue weighted by atomic mass is 10.00. The first-order valence-electron chi connectivity index (χ1n) is 12.1. The molecule has 182 valence electrons. The third-order valence-electron chi connectivity index (χ3n) is 5.68. The van der Waals surface area contributed by atoms with Crippen molar-refractivity contribution in [2.75, 3.05) is 6.61 Å². The van der Waals surface area contributed by atoms with Crippen molar-refractivity contribution >= 4 is 6.29 Å². The fourth-order valence-electron chi connectivity index (χ4n) is 3.76. The minimum absolute atomic E-state index is 0.226. The first kappa shape index (κ1) is 26.1. The number of hydrogen-bond donors (Lipinski definition) is 0. The third kappa shape index (κ3) is 8.04. The fourth-order valence-corrected chi connectivity index (χ4v) is 3.76. The van der Waals surface area contributed by atoms with E-state index in [9.17, 15) is 9.18 Å². The summed E-state index contributed by atoms with van der Waals surface area (Å²) in [5.74, 6) is 0.405. The van der Waals surface area contributed by atoms with E-state index >= 15 is 0 Å². The predicted octanol–water partition coefficient (Wildman–Crippen LogP) is 7.82. The van der Waals surface area contributed by atoms with Gasteiger partial charge in [0.15, 0.2) is 0 Å². The maximum absolute atomic E-state index is 13.1. The van der Waals surface area contributed by atoms with Gasteiger partial charge in [-0.15, -0.1) is 0 Å². The average Bonchev–Trinajstić information content (AvgIpc) is 2.90. The van der Waals surface area contributed by atoms with Gasteiger partial charge in [-0.3, -0.25) is 4.79 Å². The quantitative estimate of drug-likeness (QED) is 0.144. The molecule has 3 aromatic rings. The lowest BCUT2D eigenvalue weighted by Crippen LogP contribution is -2.12. The molecule has 0 bridgehead atoms. The van der Waals surface area contributed by atoms with Gasteiger partial charge >= 0.3 is 0 Å². The zero-order valence-corrected chi connectivity index (χ0v) is 20.5. The molecular weight excluding hydrogens is 439 g/mol. The molecule has 0 aliphatic carbocycles. The first-order chi connectivity index (χ1) is 17.1. The molecule has 0 heterocycles. The van der Waals surface area contributed by atoms with E-state index in [-0.39, 0.29) is 11.9 Å². The zero-order chi connectivity index (χ0) is 24.9. The summed E-state index contributed by atoms with van der Waals surface area (Å²) in [7, 11) is 0. The molecule has 0 aliphatic rings. The Bertz CT molecular complexity index is 1120. The fraction of sp³-hybridized carbons (Fsp3) is 0.258. The number of carbonyl (C=O) groups is 1. The molecule has 0 saturated heterocycles. The Morgan fingerprint density at radius 1 is 1.03 bits per heavy atom. The van der Waals surface area contributed by atoms with Gasteiger partial charge in [-0.25, -0.2) is 4.39 Å². The van der Waals surface area contributed by atoms with Crippen molar-refractivity contribution in [3.05, 3.63) is 125 Å². The van der Waals surface area contributed by atoms with Crippen LogP contribution in [0.3, 0.4) is 0 Å². The second kappa shape index (κ2) is 14.0. The predicted molar refractivity (Wildman–Crippen MR) is 139 cm³/mol.